The second-order valence-corrected chi connectivity index (χ2v) is 4.23. The molecule has 0 radical (unpaired) electrons. The number of hydrogen-bond acceptors (Lipinski definition) is 1. The lowest BCUT2D eigenvalue weighted by Gasteiger charge is -2.31. The normalized spacial score (nSPS) is 19.1. The highest BCUT2D eigenvalue weighted by atomic mass is 19.1. The van der Waals surface area contributed by atoms with Gasteiger partial charge in [0.1, 0.15) is 5.82 Å². The lowest BCUT2D eigenvalue weighted by molar-refractivity contribution is 0.264. The molecule has 1 aliphatic rings. The van der Waals surface area contributed by atoms with Gasteiger partial charge in [0.25, 0.3) is 0 Å². The van der Waals surface area contributed by atoms with Crippen molar-refractivity contribution in [1.29, 1.82) is 0 Å². The van der Waals surface area contributed by atoms with Gasteiger partial charge in [0.2, 0.25) is 0 Å². The molecule has 0 aliphatic heterocycles. The van der Waals surface area contributed by atoms with E-state index in [0.29, 0.717) is 11.5 Å². The molecule has 1 nitrogen and oxygen atoms in total. The summed E-state index contributed by atoms with van der Waals surface area (Å²) in [5, 5.41) is 0. The summed E-state index contributed by atoms with van der Waals surface area (Å²) in [7, 11) is 0. The van der Waals surface area contributed by atoms with Crippen molar-refractivity contribution in [2.45, 2.75) is 32.2 Å². The van der Waals surface area contributed by atoms with Gasteiger partial charge in [-0.15, -0.1) is 0 Å². The first-order valence-electron chi connectivity index (χ1n) is 5.20. The molecule has 1 aromatic carbocycles. The Morgan fingerprint density at radius 2 is 2.14 bits per heavy atom. The smallest absolute Gasteiger partial charge is 0.126 e. The lowest BCUT2D eigenvalue weighted by Crippen LogP contribution is -2.26. The van der Waals surface area contributed by atoms with Gasteiger partial charge < -0.3 is 5.73 Å². The van der Waals surface area contributed by atoms with Crippen LogP contribution in [-0.2, 0) is 0 Å². The second-order valence-electron chi connectivity index (χ2n) is 4.23. The predicted molar refractivity (Wildman–Crippen MR) is 55.4 cm³/mol. The first-order valence-corrected chi connectivity index (χ1v) is 5.20. The zero-order valence-electron chi connectivity index (χ0n) is 8.46. The molecule has 0 bridgehead atoms. The fourth-order valence-electron chi connectivity index (χ4n) is 1.95. The van der Waals surface area contributed by atoms with Gasteiger partial charge in [0, 0.05) is 6.04 Å². The van der Waals surface area contributed by atoms with Crippen molar-refractivity contribution in [3.8, 4) is 0 Å². The number of aryl methyl sites for hydroxylation is 1. The lowest BCUT2D eigenvalue weighted by atomic mass is 9.77. The van der Waals surface area contributed by atoms with Crippen LogP contribution in [0.15, 0.2) is 18.2 Å². The molecule has 0 spiro atoms. The van der Waals surface area contributed by atoms with Crippen LogP contribution in [0.3, 0.4) is 0 Å². The van der Waals surface area contributed by atoms with Crippen LogP contribution < -0.4 is 5.73 Å². The van der Waals surface area contributed by atoms with Gasteiger partial charge in [-0.25, -0.2) is 4.39 Å². The van der Waals surface area contributed by atoms with Crippen molar-refractivity contribution in [2.24, 2.45) is 11.7 Å². The summed E-state index contributed by atoms with van der Waals surface area (Å²) < 4.78 is 13.0. The molecule has 2 rings (SSSR count). The molecule has 0 aromatic heterocycles. The van der Waals surface area contributed by atoms with E-state index in [1.54, 1.807) is 6.92 Å². The topological polar surface area (TPSA) is 26.0 Å². The number of rotatable bonds is 2. The molecule has 1 saturated carbocycles. The van der Waals surface area contributed by atoms with Crippen LogP contribution in [0.2, 0.25) is 0 Å². The summed E-state index contributed by atoms with van der Waals surface area (Å²) in [5.41, 5.74) is 7.87. The van der Waals surface area contributed by atoms with E-state index >= 15 is 0 Å². The molecule has 0 unspecified atom stereocenters. The van der Waals surface area contributed by atoms with E-state index in [1.807, 2.05) is 12.1 Å². The van der Waals surface area contributed by atoms with Crippen LogP contribution in [0.4, 0.5) is 4.39 Å². The maximum Gasteiger partial charge on any atom is 0.126 e. The molecule has 14 heavy (non-hydrogen) atoms. The maximum absolute atomic E-state index is 13.0. The fourth-order valence-corrected chi connectivity index (χ4v) is 1.95. The molecule has 76 valence electrons. The Balaban J connectivity index is 2.18. The molecule has 0 amide bonds. The van der Waals surface area contributed by atoms with Crippen LogP contribution in [-0.4, -0.2) is 0 Å². The van der Waals surface area contributed by atoms with Crippen LogP contribution in [0.25, 0.3) is 0 Å². The third kappa shape index (κ3) is 1.67. The SMILES string of the molecule is Cc1cc([C@@H](N)C2CCC2)ccc1F. The van der Waals surface area contributed by atoms with Crippen molar-refractivity contribution >= 4 is 0 Å². The Labute approximate surface area is 84.1 Å². The summed E-state index contributed by atoms with van der Waals surface area (Å²) in [5.74, 6) is 0.467. The Bertz CT molecular complexity index is 331. The molecule has 0 saturated heterocycles. The van der Waals surface area contributed by atoms with Crippen molar-refractivity contribution in [3.63, 3.8) is 0 Å². The summed E-state index contributed by atoms with van der Waals surface area (Å²) in [4.78, 5) is 0. The number of halogens is 1. The fraction of sp³-hybridized carbons (Fsp3) is 0.500. The van der Waals surface area contributed by atoms with Crippen LogP contribution in [0.5, 0.6) is 0 Å². The van der Waals surface area contributed by atoms with Crippen molar-refractivity contribution < 1.29 is 4.39 Å². The zero-order chi connectivity index (χ0) is 10.1. The minimum atomic E-state index is -0.144. The predicted octanol–water partition coefficient (Wildman–Crippen LogP) is 2.93. The largest absolute Gasteiger partial charge is 0.324 e. The average molecular weight is 193 g/mol. The van der Waals surface area contributed by atoms with Crippen molar-refractivity contribution in [2.75, 3.05) is 0 Å². The van der Waals surface area contributed by atoms with Gasteiger partial charge in [0.15, 0.2) is 0 Å². The first kappa shape index (κ1) is 9.66. The minimum Gasteiger partial charge on any atom is -0.324 e. The molecule has 1 atom stereocenters. The van der Waals surface area contributed by atoms with E-state index in [9.17, 15) is 4.39 Å². The standard InChI is InChI=1S/C12H16FN/c1-8-7-10(5-6-11(8)13)12(14)9-3-2-4-9/h5-7,9,12H,2-4,14H2,1H3/t12-/m0/s1. The van der Waals surface area contributed by atoms with Gasteiger partial charge in [-0.2, -0.15) is 0 Å². The molecular weight excluding hydrogens is 177 g/mol. The maximum atomic E-state index is 13.0. The summed E-state index contributed by atoms with van der Waals surface area (Å²) >= 11 is 0. The highest BCUT2D eigenvalue weighted by molar-refractivity contribution is 5.27. The monoisotopic (exact) mass is 193 g/mol. The highest BCUT2D eigenvalue weighted by Gasteiger charge is 2.25. The quantitative estimate of drug-likeness (QED) is 0.767. The highest BCUT2D eigenvalue weighted by Crippen LogP contribution is 2.36. The summed E-state index contributed by atoms with van der Waals surface area (Å²) in [6.45, 7) is 1.78. The summed E-state index contributed by atoms with van der Waals surface area (Å²) in [6, 6.07) is 5.30. The Morgan fingerprint density at radius 1 is 1.43 bits per heavy atom. The van der Waals surface area contributed by atoms with Crippen LogP contribution >= 0.6 is 0 Å². The van der Waals surface area contributed by atoms with E-state index < -0.39 is 0 Å². The average Bonchev–Trinajstić information content (AvgIpc) is 2.06. The van der Waals surface area contributed by atoms with Crippen LogP contribution in [0, 0.1) is 18.7 Å². The molecule has 1 fully saturated rings. The number of benzene rings is 1. The van der Waals surface area contributed by atoms with Gasteiger partial charge >= 0.3 is 0 Å². The minimum absolute atomic E-state index is 0.100. The molecule has 1 aromatic rings. The van der Waals surface area contributed by atoms with Gasteiger partial charge in [-0.05, 0) is 42.9 Å². The van der Waals surface area contributed by atoms with E-state index in [-0.39, 0.29) is 11.9 Å². The van der Waals surface area contributed by atoms with Gasteiger partial charge in [-0.1, -0.05) is 18.6 Å². The van der Waals surface area contributed by atoms with E-state index in [4.69, 9.17) is 5.73 Å². The Morgan fingerprint density at radius 3 is 2.64 bits per heavy atom. The Hall–Kier alpha value is -0.890. The van der Waals surface area contributed by atoms with E-state index in [0.717, 1.165) is 5.56 Å². The molecule has 0 heterocycles. The van der Waals surface area contributed by atoms with Crippen molar-refractivity contribution in [1.82, 2.24) is 0 Å². The Kier molecular flexibility index (Phi) is 2.55. The van der Waals surface area contributed by atoms with E-state index in [2.05, 4.69) is 0 Å². The van der Waals surface area contributed by atoms with Gasteiger partial charge in [0.05, 0.1) is 0 Å². The van der Waals surface area contributed by atoms with Gasteiger partial charge in [-0.3, -0.25) is 0 Å². The first-order chi connectivity index (χ1) is 6.68. The van der Waals surface area contributed by atoms with Crippen molar-refractivity contribution in [3.05, 3.63) is 35.1 Å². The summed E-state index contributed by atoms with van der Waals surface area (Å²) in [6.07, 6.45) is 3.73. The molecule has 2 heteroatoms. The zero-order valence-corrected chi connectivity index (χ0v) is 8.46. The second kappa shape index (κ2) is 3.70. The number of nitrogens with two attached hydrogens (primary N) is 1. The third-order valence-corrected chi connectivity index (χ3v) is 3.22. The molecule has 2 N–H and O–H groups in total. The number of hydrogen-bond donors (Lipinski definition) is 1. The molecule has 1 aliphatic carbocycles. The van der Waals surface area contributed by atoms with Crippen LogP contribution in [0.1, 0.15) is 36.4 Å². The van der Waals surface area contributed by atoms with E-state index in [1.165, 1.54) is 25.3 Å². The molecular formula is C12H16FN. The third-order valence-electron chi connectivity index (χ3n) is 3.22.